The molecule has 0 radical (unpaired) electrons. The van der Waals surface area contributed by atoms with Gasteiger partial charge in [0, 0.05) is 27.6 Å². The predicted octanol–water partition coefficient (Wildman–Crippen LogP) is 5.01. The number of alkyl halides is 3. The van der Waals surface area contributed by atoms with Crippen LogP contribution in [0.5, 0.6) is 5.75 Å². The van der Waals surface area contributed by atoms with E-state index < -0.39 is 29.6 Å². The molecule has 0 saturated heterocycles. The number of halogens is 4. The standard InChI is InChI=1S/C22H19BrF3NO5/c1-2-31-19(29)11-10-18(28)21(30)12-16(23)15-8-5-7-14(20(15)27-21)13-6-3-4-9-17(13)32-22(24,25)26/h3-9,12,27,30H,2,10-11H2,1H3. The lowest BCUT2D eigenvalue weighted by Crippen LogP contribution is -2.46. The van der Waals surface area contributed by atoms with E-state index >= 15 is 0 Å². The number of hydrogen-bond donors (Lipinski definition) is 2. The average Bonchev–Trinajstić information content (AvgIpc) is 2.71. The fraction of sp³-hybridized carbons (Fsp3) is 0.273. The van der Waals surface area contributed by atoms with Gasteiger partial charge in [-0.1, -0.05) is 52.3 Å². The van der Waals surface area contributed by atoms with E-state index in [1.807, 2.05) is 0 Å². The van der Waals surface area contributed by atoms with Crippen molar-refractivity contribution in [1.29, 1.82) is 0 Å². The first-order valence-electron chi connectivity index (χ1n) is 9.60. The summed E-state index contributed by atoms with van der Waals surface area (Å²) in [5.41, 5.74) is -1.05. The minimum absolute atomic E-state index is 0.109. The van der Waals surface area contributed by atoms with Gasteiger partial charge in [0.05, 0.1) is 18.7 Å². The van der Waals surface area contributed by atoms with Crippen LogP contribution in [-0.4, -0.2) is 35.6 Å². The van der Waals surface area contributed by atoms with Gasteiger partial charge >= 0.3 is 12.3 Å². The fourth-order valence-electron chi connectivity index (χ4n) is 3.29. The molecule has 1 atom stereocenters. The smallest absolute Gasteiger partial charge is 0.466 e. The van der Waals surface area contributed by atoms with Gasteiger partial charge < -0.3 is 19.9 Å². The number of carbonyl (C=O) groups excluding carboxylic acids is 2. The zero-order valence-corrected chi connectivity index (χ0v) is 18.4. The Kier molecular flexibility index (Phi) is 6.94. The van der Waals surface area contributed by atoms with E-state index in [1.54, 1.807) is 31.2 Å². The monoisotopic (exact) mass is 513 g/mol. The molecule has 0 spiro atoms. The largest absolute Gasteiger partial charge is 0.573 e. The van der Waals surface area contributed by atoms with Crippen molar-refractivity contribution >= 4 is 37.9 Å². The molecule has 3 rings (SSSR count). The van der Waals surface area contributed by atoms with Crippen molar-refractivity contribution in [1.82, 2.24) is 0 Å². The zero-order valence-electron chi connectivity index (χ0n) is 16.8. The van der Waals surface area contributed by atoms with Crippen LogP contribution in [0.15, 0.2) is 48.5 Å². The van der Waals surface area contributed by atoms with Crippen molar-refractivity contribution in [2.75, 3.05) is 11.9 Å². The molecule has 2 aromatic carbocycles. The molecule has 0 saturated carbocycles. The molecule has 0 fully saturated rings. The summed E-state index contributed by atoms with van der Waals surface area (Å²) in [5, 5.41) is 13.7. The van der Waals surface area contributed by atoms with E-state index in [2.05, 4.69) is 26.0 Å². The molecule has 2 N–H and O–H groups in total. The topological polar surface area (TPSA) is 84.9 Å². The number of ether oxygens (including phenoxy) is 2. The Morgan fingerprint density at radius 3 is 2.41 bits per heavy atom. The summed E-state index contributed by atoms with van der Waals surface area (Å²) < 4.78 is 48.0. The first-order valence-corrected chi connectivity index (χ1v) is 10.4. The summed E-state index contributed by atoms with van der Waals surface area (Å²) in [6.07, 6.45) is -4.18. The van der Waals surface area contributed by atoms with Crippen LogP contribution in [0.3, 0.4) is 0 Å². The van der Waals surface area contributed by atoms with Crippen molar-refractivity contribution in [2.24, 2.45) is 0 Å². The quantitative estimate of drug-likeness (QED) is 0.506. The van der Waals surface area contributed by atoms with E-state index in [9.17, 15) is 27.9 Å². The van der Waals surface area contributed by atoms with E-state index in [0.29, 0.717) is 10.0 Å². The molecule has 1 aliphatic heterocycles. The number of rotatable bonds is 7. The van der Waals surface area contributed by atoms with Crippen LogP contribution in [0.2, 0.25) is 0 Å². The van der Waals surface area contributed by atoms with E-state index in [1.165, 1.54) is 24.3 Å². The summed E-state index contributed by atoms with van der Waals surface area (Å²) >= 11 is 3.32. The number of benzene rings is 2. The highest BCUT2D eigenvalue weighted by atomic mass is 79.9. The molecule has 6 nitrogen and oxygen atoms in total. The number of carbonyl (C=O) groups is 2. The van der Waals surface area contributed by atoms with Crippen LogP contribution in [-0.2, 0) is 14.3 Å². The molecule has 0 bridgehead atoms. The van der Waals surface area contributed by atoms with Crippen LogP contribution in [0.25, 0.3) is 15.6 Å². The number of aliphatic hydroxyl groups is 1. The highest BCUT2D eigenvalue weighted by Crippen LogP contribution is 2.45. The molecular formula is C22H19BrF3NO5. The van der Waals surface area contributed by atoms with E-state index in [4.69, 9.17) is 4.74 Å². The number of anilines is 1. The fourth-order valence-corrected chi connectivity index (χ4v) is 3.95. The van der Waals surface area contributed by atoms with Crippen molar-refractivity contribution in [3.05, 3.63) is 54.1 Å². The first-order chi connectivity index (χ1) is 15.0. The third-order valence-corrected chi connectivity index (χ3v) is 5.32. The molecule has 32 heavy (non-hydrogen) atoms. The van der Waals surface area contributed by atoms with Gasteiger partial charge in [0.15, 0.2) is 5.78 Å². The normalized spacial score (nSPS) is 17.6. The maximum atomic E-state index is 12.9. The maximum absolute atomic E-state index is 12.9. The first kappa shape index (κ1) is 23.8. The maximum Gasteiger partial charge on any atom is 0.573 e. The lowest BCUT2D eigenvalue weighted by Gasteiger charge is -2.33. The lowest BCUT2D eigenvalue weighted by molar-refractivity contribution is -0.274. The van der Waals surface area contributed by atoms with Gasteiger partial charge in [-0.15, -0.1) is 13.2 Å². The second-order valence-electron chi connectivity index (χ2n) is 6.88. The molecule has 0 aliphatic carbocycles. The molecule has 2 aromatic rings. The van der Waals surface area contributed by atoms with Gasteiger partial charge in [-0.05, 0) is 19.1 Å². The molecule has 1 unspecified atom stereocenters. The number of esters is 1. The Morgan fingerprint density at radius 1 is 1.06 bits per heavy atom. The van der Waals surface area contributed by atoms with Crippen LogP contribution in [0.1, 0.15) is 25.3 Å². The average molecular weight is 514 g/mol. The minimum Gasteiger partial charge on any atom is -0.466 e. The van der Waals surface area contributed by atoms with Crippen LogP contribution in [0.4, 0.5) is 18.9 Å². The zero-order chi connectivity index (χ0) is 23.5. The summed E-state index contributed by atoms with van der Waals surface area (Å²) in [6.45, 7) is 1.80. The second kappa shape index (κ2) is 9.33. The summed E-state index contributed by atoms with van der Waals surface area (Å²) in [5.74, 6) is -1.72. The minimum atomic E-state index is -4.90. The van der Waals surface area contributed by atoms with E-state index in [0.717, 1.165) is 0 Å². The Hall–Kier alpha value is -2.85. The number of Topliss-reactive ketones (excluding diaryl/α,β-unsaturated/α-hetero) is 1. The number of ketones is 1. The molecule has 10 heteroatoms. The molecule has 170 valence electrons. The molecule has 1 aliphatic rings. The molecule has 0 aromatic heterocycles. The van der Waals surface area contributed by atoms with Gasteiger partial charge in [-0.3, -0.25) is 9.59 Å². The number of fused-ring (bicyclic) bond motifs is 1. The Labute approximate surface area is 190 Å². The van der Waals surface area contributed by atoms with Crippen molar-refractivity contribution < 1.29 is 37.3 Å². The predicted molar refractivity (Wildman–Crippen MR) is 115 cm³/mol. The number of nitrogens with one attached hydrogen (secondary N) is 1. The Balaban J connectivity index is 1.99. The van der Waals surface area contributed by atoms with Gasteiger partial charge in [0.1, 0.15) is 5.75 Å². The van der Waals surface area contributed by atoms with Crippen LogP contribution in [0, 0.1) is 0 Å². The SMILES string of the molecule is CCOC(=O)CCC(=O)C1(O)C=C(Br)c2cccc(-c3ccccc3OC(F)(F)F)c2N1. The van der Waals surface area contributed by atoms with Crippen molar-refractivity contribution in [2.45, 2.75) is 31.9 Å². The van der Waals surface area contributed by atoms with Crippen molar-refractivity contribution in [3.8, 4) is 16.9 Å². The molecule has 0 amide bonds. The molecular weight excluding hydrogens is 495 g/mol. The summed E-state index contributed by atoms with van der Waals surface area (Å²) in [6, 6.07) is 10.4. The van der Waals surface area contributed by atoms with Crippen LogP contribution >= 0.6 is 15.9 Å². The Bertz CT molecular complexity index is 1070. The summed E-state index contributed by atoms with van der Waals surface area (Å²) in [4.78, 5) is 24.3. The van der Waals surface area contributed by atoms with Gasteiger partial charge in [-0.25, -0.2) is 0 Å². The third kappa shape index (κ3) is 5.31. The van der Waals surface area contributed by atoms with Gasteiger partial charge in [-0.2, -0.15) is 0 Å². The van der Waals surface area contributed by atoms with E-state index in [-0.39, 0.29) is 36.3 Å². The third-order valence-electron chi connectivity index (χ3n) is 4.66. The number of hydrogen-bond acceptors (Lipinski definition) is 6. The highest BCUT2D eigenvalue weighted by molar-refractivity contribution is 9.15. The second-order valence-corrected chi connectivity index (χ2v) is 7.74. The Morgan fingerprint density at radius 2 is 1.72 bits per heavy atom. The molecule has 1 heterocycles. The highest BCUT2D eigenvalue weighted by Gasteiger charge is 2.39. The lowest BCUT2D eigenvalue weighted by atomic mass is 9.92. The van der Waals surface area contributed by atoms with Crippen molar-refractivity contribution in [3.63, 3.8) is 0 Å². The summed E-state index contributed by atoms with van der Waals surface area (Å²) in [7, 11) is 0. The van der Waals surface area contributed by atoms with Crippen LogP contribution < -0.4 is 10.1 Å². The number of para-hydroxylation sites is 2. The van der Waals surface area contributed by atoms with Gasteiger partial charge in [0.25, 0.3) is 0 Å². The van der Waals surface area contributed by atoms with Gasteiger partial charge in [0.2, 0.25) is 5.72 Å².